The van der Waals surface area contributed by atoms with Crippen molar-refractivity contribution in [2.75, 3.05) is 19.6 Å². The minimum atomic E-state index is -0.789. The number of carbonyl (C=O) groups excluding carboxylic acids is 1. The van der Waals surface area contributed by atoms with Crippen molar-refractivity contribution in [1.82, 2.24) is 10.2 Å². The van der Waals surface area contributed by atoms with Gasteiger partial charge in [-0.15, -0.1) is 0 Å². The second-order valence-electron chi connectivity index (χ2n) is 4.88. The van der Waals surface area contributed by atoms with E-state index in [0.717, 1.165) is 6.42 Å². The predicted octanol–water partition coefficient (Wildman–Crippen LogP) is 0.698. The number of carbonyl (C=O) groups is 2. The normalized spacial score (nSPS) is 20.6. The first kappa shape index (κ1) is 14.0. The number of hydrogen-bond acceptors (Lipinski definition) is 3. The van der Waals surface area contributed by atoms with Crippen molar-refractivity contribution >= 4 is 11.9 Å². The third-order valence-electron chi connectivity index (χ3n) is 3.01. The van der Waals surface area contributed by atoms with Crippen LogP contribution in [-0.4, -0.2) is 47.6 Å². The van der Waals surface area contributed by atoms with E-state index in [1.54, 1.807) is 4.90 Å². The van der Waals surface area contributed by atoms with Gasteiger partial charge in [-0.1, -0.05) is 13.8 Å². The molecule has 1 aliphatic heterocycles. The minimum Gasteiger partial charge on any atom is -0.481 e. The van der Waals surface area contributed by atoms with E-state index >= 15 is 0 Å². The van der Waals surface area contributed by atoms with Crippen molar-refractivity contribution in [3.63, 3.8) is 0 Å². The molecular weight excluding hydrogens is 220 g/mol. The molecule has 1 saturated heterocycles. The molecule has 1 atom stereocenters. The van der Waals surface area contributed by atoms with E-state index in [4.69, 9.17) is 5.11 Å². The van der Waals surface area contributed by atoms with Gasteiger partial charge in [0, 0.05) is 32.1 Å². The summed E-state index contributed by atoms with van der Waals surface area (Å²) in [6.07, 6.45) is 1.92. The lowest BCUT2D eigenvalue weighted by Crippen LogP contribution is -2.43. The fraction of sp³-hybridized carbons (Fsp3) is 0.833. The number of hydrogen-bond donors (Lipinski definition) is 2. The third kappa shape index (κ3) is 4.73. The van der Waals surface area contributed by atoms with E-state index in [1.807, 2.05) is 13.8 Å². The zero-order valence-electron chi connectivity index (χ0n) is 10.6. The molecule has 1 fully saturated rings. The topological polar surface area (TPSA) is 69.6 Å². The maximum absolute atomic E-state index is 11.8. The van der Waals surface area contributed by atoms with Gasteiger partial charge in [-0.3, -0.25) is 9.59 Å². The molecule has 0 aliphatic carbocycles. The molecule has 2 N–H and O–H groups in total. The Kier molecular flexibility index (Phi) is 5.41. The molecule has 0 saturated carbocycles. The maximum Gasteiger partial charge on any atom is 0.308 e. The fourth-order valence-electron chi connectivity index (χ4n) is 2.03. The van der Waals surface area contributed by atoms with Crippen LogP contribution in [-0.2, 0) is 9.59 Å². The molecule has 1 aliphatic rings. The third-order valence-corrected chi connectivity index (χ3v) is 3.01. The van der Waals surface area contributed by atoms with E-state index in [1.165, 1.54) is 0 Å². The quantitative estimate of drug-likeness (QED) is 0.744. The first-order chi connectivity index (χ1) is 8.00. The summed E-state index contributed by atoms with van der Waals surface area (Å²) in [6.45, 7) is 5.79. The standard InChI is InChI=1S/C12H22N2O3/c1-9(2)13-6-5-11(15)14-7-3-4-10(8-14)12(16)17/h9-10,13H,3-8H2,1-2H3,(H,16,17)/t10-/m0/s1. The Bertz CT molecular complexity index is 279. The maximum atomic E-state index is 11.8. The number of likely N-dealkylation sites (tertiary alicyclic amines) is 1. The van der Waals surface area contributed by atoms with Crippen LogP contribution in [0.4, 0.5) is 0 Å². The molecule has 0 bridgehead atoms. The molecule has 5 heteroatoms. The molecule has 0 aromatic carbocycles. The molecule has 0 aromatic rings. The number of piperidine rings is 1. The molecule has 98 valence electrons. The van der Waals surface area contributed by atoms with E-state index in [0.29, 0.717) is 38.5 Å². The SMILES string of the molecule is CC(C)NCCC(=O)N1CCC[C@H](C(=O)O)C1. The molecule has 5 nitrogen and oxygen atoms in total. The highest BCUT2D eigenvalue weighted by Gasteiger charge is 2.27. The molecule has 17 heavy (non-hydrogen) atoms. The smallest absolute Gasteiger partial charge is 0.308 e. The Morgan fingerprint density at radius 2 is 2.18 bits per heavy atom. The van der Waals surface area contributed by atoms with Crippen molar-refractivity contribution in [3.8, 4) is 0 Å². The number of carboxylic acid groups (broad SMARTS) is 1. The van der Waals surface area contributed by atoms with Gasteiger partial charge in [0.25, 0.3) is 0 Å². The van der Waals surface area contributed by atoms with Crippen molar-refractivity contribution in [2.45, 2.75) is 39.2 Å². The molecule has 0 radical (unpaired) electrons. The Labute approximate surface area is 102 Å². The van der Waals surface area contributed by atoms with Crippen LogP contribution in [0.15, 0.2) is 0 Å². The summed E-state index contributed by atoms with van der Waals surface area (Å²) >= 11 is 0. The van der Waals surface area contributed by atoms with E-state index in [2.05, 4.69) is 5.32 Å². The van der Waals surface area contributed by atoms with Crippen LogP contribution in [0.1, 0.15) is 33.1 Å². The van der Waals surface area contributed by atoms with Crippen LogP contribution in [0.5, 0.6) is 0 Å². The van der Waals surface area contributed by atoms with E-state index in [-0.39, 0.29) is 11.8 Å². The molecule has 0 unspecified atom stereocenters. The zero-order chi connectivity index (χ0) is 12.8. The lowest BCUT2D eigenvalue weighted by atomic mass is 9.98. The summed E-state index contributed by atoms with van der Waals surface area (Å²) in [6, 6.07) is 0.371. The van der Waals surface area contributed by atoms with Gasteiger partial charge in [0.15, 0.2) is 0 Å². The van der Waals surface area contributed by atoms with Crippen LogP contribution in [0.2, 0.25) is 0 Å². The van der Waals surface area contributed by atoms with Crippen LogP contribution < -0.4 is 5.32 Å². The fourth-order valence-corrected chi connectivity index (χ4v) is 2.03. The highest BCUT2D eigenvalue weighted by Crippen LogP contribution is 2.17. The molecule has 1 heterocycles. The lowest BCUT2D eigenvalue weighted by Gasteiger charge is -2.30. The van der Waals surface area contributed by atoms with Crippen molar-refractivity contribution in [3.05, 3.63) is 0 Å². The van der Waals surface area contributed by atoms with Gasteiger partial charge in [0.1, 0.15) is 0 Å². The van der Waals surface area contributed by atoms with Crippen molar-refractivity contribution in [1.29, 1.82) is 0 Å². The van der Waals surface area contributed by atoms with Crippen LogP contribution in [0, 0.1) is 5.92 Å². The van der Waals surface area contributed by atoms with Crippen LogP contribution in [0.3, 0.4) is 0 Å². The number of rotatable bonds is 5. The van der Waals surface area contributed by atoms with Gasteiger partial charge in [0.2, 0.25) is 5.91 Å². The zero-order valence-corrected chi connectivity index (χ0v) is 10.6. The lowest BCUT2D eigenvalue weighted by molar-refractivity contribution is -0.145. The summed E-state index contributed by atoms with van der Waals surface area (Å²) in [5.41, 5.74) is 0. The van der Waals surface area contributed by atoms with Crippen LogP contribution in [0.25, 0.3) is 0 Å². The minimum absolute atomic E-state index is 0.0594. The predicted molar refractivity (Wildman–Crippen MR) is 64.7 cm³/mol. The molecule has 0 aromatic heterocycles. The summed E-state index contributed by atoms with van der Waals surface area (Å²) in [5.74, 6) is -1.11. The summed E-state index contributed by atoms with van der Waals surface area (Å²) in [5, 5.41) is 12.1. The molecule has 0 spiro atoms. The van der Waals surface area contributed by atoms with Gasteiger partial charge >= 0.3 is 5.97 Å². The van der Waals surface area contributed by atoms with Crippen LogP contribution >= 0.6 is 0 Å². The second kappa shape index (κ2) is 6.59. The molecule has 1 rings (SSSR count). The number of nitrogens with one attached hydrogen (secondary N) is 1. The Hall–Kier alpha value is -1.10. The summed E-state index contributed by atoms with van der Waals surface area (Å²) < 4.78 is 0. The number of amides is 1. The van der Waals surface area contributed by atoms with E-state index < -0.39 is 5.97 Å². The average molecular weight is 242 g/mol. The highest BCUT2D eigenvalue weighted by molar-refractivity contribution is 5.78. The van der Waals surface area contributed by atoms with Gasteiger partial charge in [-0.05, 0) is 12.8 Å². The average Bonchev–Trinajstić information content (AvgIpc) is 2.28. The number of carboxylic acids is 1. The van der Waals surface area contributed by atoms with Gasteiger partial charge < -0.3 is 15.3 Å². The molecule has 1 amide bonds. The number of aliphatic carboxylic acids is 1. The Morgan fingerprint density at radius 1 is 1.47 bits per heavy atom. The second-order valence-corrected chi connectivity index (χ2v) is 4.88. The number of nitrogens with zero attached hydrogens (tertiary/aromatic N) is 1. The largest absolute Gasteiger partial charge is 0.481 e. The van der Waals surface area contributed by atoms with Gasteiger partial charge in [-0.2, -0.15) is 0 Å². The van der Waals surface area contributed by atoms with Crippen molar-refractivity contribution in [2.24, 2.45) is 5.92 Å². The Morgan fingerprint density at radius 3 is 2.76 bits per heavy atom. The van der Waals surface area contributed by atoms with Crippen molar-refractivity contribution < 1.29 is 14.7 Å². The highest BCUT2D eigenvalue weighted by atomic mass is 16.4. The first-order valence-corrected chi connectivity index (χ1v) is 6.24. The molecular formula is C12H22N2O3. The summed E-state index contributed by atoms with van der Waals surface area (Å²) in [4.78, 5) is 24.4. The van der Waals surface area contributed by atoms with Gasteiger partial charge in [0.05, 0.1) is 5.92 Å². The van der Waals surface area contributed by atoms with E-state index in [9.17, 15) is 9.59 Å². The summed E-state index contributed by atoms with van der Waals surface area (Å²) in [7, 11) is 0. The Balaban J connectivity index is 2.33. The first-order valence-electron chi connectivity index (χ1n) is 6.24. The van der Waals surface area contributed by atoms with Gasteiger partial charge in [-0.25, -0.2) is 0 Å². The monoisotopic (exact) mass is 242 g/mol.